The lowest BCUT2D eigenvalue weighted by atomic mass is 9.98. The van der Waals surface area contributed by atoms with Gasteiger partial charge in [-0.1, -0.05) is 30.3 Å². The fourth-order valence-electron chi connectivity index (χ4n) is 4.07. The monoisotopic (exact) mass is 424 g/mol. The molecule has 1 N–H and O–H groups in total. The number of piperidine rings is 1. The van der Waals surface area contributed by atoms with Crippen LogP contribution in [0.2, 0.25) is 0 Å². The number of nitrogens with one attached hydrogen (secondary N) is 1. The highest BCUT2D eigenvalue weighted by molar-refractivity contribution is 7.88. The molecule has 1 atom stereocenters. The molecule has 0 spiro atoms. The molecule has 4 rings (SSSR count). The molecule has 1 aliphatic heterocycles. The van der Waals surface area contributed by atoms with Crippen molar-refractivity contribution >= 4 is 10.0 Å². The largest absolute Gasteiger partial charge is 0.318 e. The Labute approximate surface area is 178 Å². The summed E-state index contributed by atoms with van der Waals surface area (Å²) in [5, 5.41) is 0. The summed E-state index contributed by atoms with van der Waals surface area (Å²) in [6.07, 6.45) is 7.84. The smallest absolute Gasteiger partial charge is 0.215 e. The highest BCUT2D eigenvalue weighted by Crippen LogP contribution is 2.20. The van der Waals surface area contributed by atoms with Gasteiger partial charge in [0.25, 0.3) is 0 Å². The number of hydrogen-bond acceptors (Lipinski definition) is 4. The minimum absolute atomic E-state index is 0.0307. The standard InChI is InChI=1S/C23H28N4O2S/c28-30(29,19-20-7-2-1-3-8-20)25-15-21-9-5-13-26(17-21)18-23-11-6-14-27(23)22-10-4-12-24-16-22/h1-4,6-8,10-12,14,16,21,25H,5,9,13,15,17-19H2/t21-/m1/s1. The molecule has 0 unspecified atom stereocenters. The first-order valence-corrected chi connectivity index (χ1v) is 12.0. The summed E-state index contributed by atoms with van der Waals surface area (Å²) in [6, 6.07) is 17.5. The van der Waals surface area contributed by atoms with E-state index in [1.165, 1.54) is 5.69 Å². The van der Waals surface area contributed by atoms with Crippen LogP contribution < -0.4 is 4.72 Å². The number of sulfonamides is 1. The van der Waals surface area contributed by atoms with E-state index in [0.717, 1.165) is 43.7 Å². The van der Waals surface area contributed by atoms with Crippen molar-refractivity contribution in [3.8, 4) is 5.69 Å². The van der Waals surface area contributed by atoms with Crippen molar-refractivity contribution in [2.24, 2.45) is 5.92 Å². The summed E-state index contributed by atoms with van der Waals surface area (Å²) in [6.45, 7) is 3.27. The van der Waals surface area contributed by atoms with Gasteiger partial charge in [-0.25, -0.2) is 13.1 Å². The first kappa shape index (κ1) is 20.8. The van der Waals surface area contributed by atoms with Crippen molar-refractivity contribution in [1.29, 1.82) is 0 Å². The van der Waals surface area contributed by atoms with Crippen molar-refractivity contribution in [3.05, 3.63) is 84.4 Å². The maximum Gasteiger partial charge on any atom is 0.215 e. The zero-order chi connectivity index (χ0) is 20.8. The van der Waals surface area contributed by atoms with E-state index < -0.39 is 10.0 Å². The molecule has 30 heavy (non-hydrogen) atoms. The highest BCUT2D eigenvalue weighted by atomic mass is 32.2. The van der Waals surface area contributed by atoms with Gasteiger partial charge in [-0.2, -0.15) is 0 Å². The second kappa shape index (κ2) is 9.55. The van der Waals surface area contributed by atoms with Crippen LogP contribution in [0.3, 0.4) is 0 Å². The topological polar surface area (TPSA) is 67.2 Å². The summed E-state index contributed by atoms with van der Waals surface area (Å²) < 4.78 is 29.9. The number of rotatable bonds is 8. The van der Waals surface area contributed by atoms with Gasteiger partial charge in [-0.05, 0) is 55.1 Å². The van der Waals surface area contributed by atoms with E-state index in [4.69, 9.17) is 0 Å². The fraction of sp³-hybridized carbons (Fsp3) is 0.348. The van der Waals surface area contributed by atoms with Gasteiger partial charge in [0.15, 0.2) is 0 Å². The van der Waals surface area contributed by atoms with Crippen molar-refractivity contribution in [2.75, 3.05) is 19.6 Å². The van der Waals surface area contributed by atoms with Gasteiger partial charge in [0.1, 0.15) is 0 Å². The van der Waals surface area contributed by atoms with E-state index in [1.54, 1.807) is 6.20 Å². The molecule has 2 aromatic heterocycles. The Morgan fingerprint density at radius 1 is 1.07 bits per heavy atom. The SMILES string of the molecule is O=S(=O)(Cc1ccccc1)NC[C@H]1CCCN(Cc2cccn2-c2cccnc2)C1. The van der Waals surface area contributed by atoms with Crippen molar-refractivity contribution in [2.45, 2.75) is 25.1 Å². The Morgan fingerprint density at radius 2 is 1.93 bits per heavy atom. The van der Waals surface area contributed by atoms with Gasteiger partial charge < -0.3 is 4.57 Å². The Hall–Kier alpha value is -2.48. The second-order valence-electron chi connectivity index (χ2n) is 7.92. The zero-order valence-corrected chi connectivity index (χ0v) is 17.8. The summed E-state index contributed by atoms with van der Waals surface area (Å²) in [5.74, 6) is 0.356. The minimum atomic E-state index is -3.32. The highest BCUT2D eigenvalue weighted by Gasteiger charge is 2.22. The molecule has 6 nitrogen and oxygen atoms in total. The quantitative estimate of drug-likeness (QED) is 0.603. The van der Waals surface area contributed by atoms with Crippen LogP contribution in [-0.4, -0.2) is 42.5 Å². The molecule has 0 saturated carbocycles. The molecule has 1 saturated heterocycles. The lowest BCUT2D eigenvalue weighted by Gasteiger charge is -2.33. The summed E-state index contributed by atoms with van der Waals surface area (Å²) in [7, 11) is -3.32. The van der Waals surface area contributed by atoms with Crippen molar-refractivity contribution in [1.82, 2.24) is 19.2 Å². The van der Waals surface area contributed by atoms with Gasteiger partial charge in [-0.15, -0.1) is 0 Å². The van der Waals surface area contributed by atoms with E-state index in [2.05, 4.69) is 43.6 Å². The summed E-state index contributed by atoms with van der Waals surface area (Å²) in [4.78, 5) is 6.64. The third kappa shape index (κ3) is 5.56. The van der Waals surface area contributed by atoms with Crippen LogP contribution in [0.25, 0.3) is 5.69 Å². The number of aromatic nitrogens is 2. The lowest BCUT2D eigenvalue weighted by molar-refractivity contribution is 0.166. The summed E-state index contributed by atoms with van der Waals surface area (Å²) in [5.41, 5.74) is 3.08. The van der Waals surface area contributed by atoms with E-state index in [0.29, 0.717) is 12.5 Å². The molecule has 0 amide bonds. The molecule has 158 valence electrons. The number of nitrogens with zero attached hydrogens (tertiary/aromatic N) is 3. The number of pyridine rings is 1. The van der Waals surface area contributed by atoms with E-state index in [9.17, 15) is 8.42 Å². The Kier molecular flexibility index (Phi) is 6.62. The van der Waals surface area contributed by atoms with Crippen LogP contribution in [0, 0.1) is 5.92 Å². The molecule has 3 aromatic rings. The second-order valence-corrected chi connectivity index (χ2v) is 9.72. The van der Waals surface area contributed by atoms with Gasteiger partial charge in [0.2, 0.25) is 10.0 Å². The minimum Gasteiger partial charge on any atom is -0.318 e. The van der Waals surface area contributed by atoms with Gasteiger partial charge in [0, 0.05) is 37.7 Å². The maximum absolute atomic E-state index is 12.4. The van der Waals surface area contributed by atoms with Crippen molar-refractivity contribution < 1.29 is 8.42 Å². The van der Waals surface area contributed by atoms with Crippen molar-refractivity contribution in [3.63, 3.8) is 0 Å². The number of benzene rings is 1. The van der Waals surface area contributed by atoms with Gasteiger partial charge in [-0.3, -0.25) is 9.88 Å². The summed E-state index contributed by atoms with van der Waals surface area (Å²) >= 11 is 0. The van der Waals surface area contributed by atoms with E-state index in [1.807, 2.05) is 42.6 Å². The Balaban J connectivity index is 1.33. The predicted molar refractivity (Wildman–Crippen MR) is 119 cm³/mol. The van der Waals surface area contributed by atoms with Crippen LogP contribution in [-0.2, 0) is 22.3 Å². The fourth-order valence-corrected chi connectivity index (χ4v) is 5.30. The average Bonchev–Trinajstić information content (AvgIpc) is 3.22. The molecule has 0 aliphatic carbocycles. The molecule has 1 fully saturated rings. The molecule has 1 aliphatic rings. The molecule has 0 radical (unpaired) electrons. The third-order valence-corrected chi connectivity index (χ3v) is 6.86. The number of likely N-dealkylation sites (tertiary alicyclic amines) is 1. The van der Waals surface area contributed by atoms with Crippen LogP contribution >= 0.6 is 0 Å². The Bertz CT molecular complexity index is 1040. The maximum atomic E-state index is 12.4. The normalized spacial score (nSPS) is 17.8. The molecule has 1 aromatic carbocycles. The van der Waals surface area contributed by atoms with Crippen LogP contribution in [0.5, 0.6) is 0 Å². The number of hydrogen-bond donors (Lipinski definition) is 1. The lowest BCUT2D eigenvalue weighted by Crippen LogP contribution is -2.41. The average molecular weight is 425 g/mol. The molecular weight excluding hydrogens is 396 g/mol. The zero-order valence-electron chi connectivity index (χ0n) is 17.0. The molecular formula is C23H28N4O2S. The van der Waals surface area contributed by atoms with Gasteiger partial charge in [0.05, 0.1) is 17.6 Å². The van der Waals surface area contributed by atoms with Crippen LogP contribution in [0.4, 0.5) is 0 Å². The first-order valence-electron chi connectivity index (χ1n) is 10.4. The first-order chi connectivity index (χ1) is 14.6. The molecule has 3 heterocycles. The Morgan fingerprint density at radius 3 is 2.73 bits per heavy atom. The van der Waals surface area contributed by atoms with Crippen LogP contribution in [0.15, 0.2) is 73.2 Å². The molecule has 0 bridgehead atoms. The van der Waals surface area contributed by atoms with E-state index >= 15 is 0 Å². The molecule has 7 heteroatoms. The van der Waals surface area contributed by atoms with E-state index in [-0.39, 0.29) is 5.75 Å². The third-order valence-electron chi connectivity index (χ3n) is 5.54. The predicted octanol–water partition coefficient (Wildman–Crippen LogP) is 3.20. The van der Waals surface area contributed by atoms with Gasteiger partial charge >= 0.3 is 0 Å². The van der Waals surface area contributed by atoms with Crippen LogP contribution in [0.1, 0.15) is 24.1 Å².